The lowest BCUT2D eigenvalue weighted by molar-refractivity contribution is -0.156. The van der Waals surface area contributed by atoms with Crippen LogP contribution in [-0.2, 0) is 14.3 Å². The van der Waals surface area contributed by atoms with E-state index in [0.717, 1.165) is 79.8 Å². The van der Waals surface area contributed by atoms with Crippen molar-refractivity contribution in [2.24, 2.45) is 26.8 Å². The van der Waals surface area contributed by atoms with Crippen molar-refractivity contribution in [3.05, 3.63) is 91.5 Å². The fourth-order valence-electron chi connectivity index (χ4n) is 7.67. The molecule has 0 saturated carbocycles. The number of aliphatic imine (C=N–C) groups is 3. The van der Waals surface area contributed by atoms with Gasteiger partial charge in [-0.25, -0.2) is 15.0 Å². The second-order valence-electron chi connectivity index (χ2n) is 14.0. The molecule has 0 amide bonds. The number of ether oxygens (including phenoxy) is 2. The van der Waals surface area contributed by atoms with Crippen LogP contribution < -0.4 is 5.32 Å². The lowest BCUT2D eigenvalue weighted by Gasteiger charge is -2.25. The number of carbonyl (C=O) groups is 1. The third-order valence-electron chi connectivity index (χ3n) is 10.9. The molecule has 6 aliphatic rings. The van der Waals surface area contributed by atoms with E-state index in [0.29, 0.717) is 24.3 Å². The molecule has 13 nitrogen and oxygen atoms in total. The fraction of sp³-hybridized carbons (Fsp3) is 0.487. The highest BCUT2D eigenvalue weighted by molar-refractivity contribution is 6.21. The van der Waals surface area contributed by atoms with Crippen LogP contribution in [-0.4, -0.2) is 105 Å². The molecule has 13 heteroatoms. The Morgan fingerprint density at radius 1 is 0.942 bits per heavy atom. The number of allylic oxidation sites excluding steroid dienone is 11. The van der Waals surface area contributed by atoms with Crippen LogP contribution in [0.2, 0.25) is 0 Å². The monoisotopic (exact) mass is 716 g/mol. The Morgan fingerprint density at radius 2 is 1.60 bits per heavy atom. The quantitative estimate of drug-likeness (QED) is 0.147. The molecule has 6 atom stereocenters. The summed E-state index contributed by atoms with van der Waals surface area (Å²) in [7, 11) is 1.66. The SMILES string of the molecule is CCC1=C(C)C2=NC1=CC1=C(C)C3=C(O)CC(=C4NC(=CC5=NC(=C2)C(COC)=C5C)[C@@H](C)[C@@H]4CCC(=O)OCC(O)C(O)C(O)C(O)CO)C3=N1. The minimum atomic E-state index is -1.84. The van der Waals surface area contributed by atoms with Gasteiger partial charge in [0, 0.05) is 59.9 Å². The molecule has 1 saturated heterocycles. The second kappa shape index (κ2) is 15.0. The molecule has 278 valence electrons. The number of hydrogen-bond donors (Lipinski definition) is 7. The Morgan fingerprint density at radius 3 is 2.27 bits per heavy atom. The zero-order valence-electron chi connectivity index (χ0n) is 30.4. The number of rotatable bonds is 12. The number of nitrogens with zero attached hydrogens (tertiary/aromatic N) is 3. The summed E-state index contributed by atoms with van der Waals surface area (Å²) in [6.45, 7) is 9.18. The van der Waals surface area contributed by atoms with Gasteiger partial charge in [-0.05, 0) is 74.1 Å². The van der Waals surface area contributed by atoms with E-state index < -0.39 is 43.6 Å². The number of aliphatic hydroxyl groups is 6. The van der Waals surface area contributed by atoms with Crippen molar-refractivity contribution < 1.29 is 44.9 Å². The number of carbonyl (C=O) groups excluding carboxylic acids is 1. The molecule has 4 unspecified atom stereocenters. The van der Waals surface area contributed by atoms with E-state index in [9.17, 15) is 30.3 Å². The number of esters is 1. The van der Waals surface area contributed by atoms with Gasteiger partial charge in [-0.2, -0.15) is 0 Å². The van der Waals surface area contributed by atoms with Crippen molar-refractivity contribution in [3.8, 4) is 0 Å². The van der Waals surface area contributed by atoms with Crippen molar-refractivity contribution in [3.63, 3.8) is 0 Å². The second-order valence-corrected chi connectivity index (χ2v) is 14.0. The molecule has 8 bridgehead atoms. The summed E-state index contributed by atoms with van der Waals surface area (Å²) in [6.07, 6.45) is 0.396. The maximum absolute atomic E-state index is 13.0. The molecule has 0 aromatic rings. The van der Waals surface area contributed by atoms with Crippen molar-refractivity contribution in [2.45, 2.75) is 84.7 Å². The molecule has 1 aliphatic carbocycles. The van der Waals surface area contributed by atoms with Crippen molar-refractivity contribution >= 4 is 23.1 Å². The number of nitrogens with one attached hydrogen (secondary N) is 1. The van der Waals surface area contributed by atoms with Gasteiger partial charge in [0.05, 0.1) is 47.4 Å². The van der Waals surface area contributed by atoms with Crippen LogP contribution in [0.15, 0.2) is 106 Å². The zero-order chi connectivity index (χ0) is 37.6. The molecule has 0 aromatic heterocycles. The minimum absolute atomic E-state index is 0.0326. The molecule has 7 N–H and O–H groups in total. The summed E-state index contributed by atoms with van der Waals surface area (Å²) < 4.78 is 10.9. The highest BCUT2D eigenvalue weighted by atomic mass is 16.5. The maximum atomic E-state index is 13.0. The van der Waals surface area contributed by atoms with Crippen LogP contribution in [0.3, 0.4) is 0 Å². The topological polar surface area (TPSA) is 206 Å². The van der Waals surface area contributed by atoms with Crippen LogP contribution in [0.5, 0.6) is 0 Å². The van der Waals surface area contributed by atoms with E-state index in [-0.39, 0.29) is 30.4 Å². The van der Waals surface area contributed by atoms with E-state index in [1.807, 2.05) is 32.1 Å². The van der Waals surface area contributed by atoms with Gasteiger partial charge < -0.3 is 45.4 Å². The normalized spacial score (nSPS) is 24.8. The van der Waals surface area contributed by atoms with Gasteiger partial charge in [0.25, 0.3) is 0 Å². The van der Waals surface area contributed by atoms with Crippen molar-refractivity contribution in [2.75, 3.05) is 26.9 Å². The van der Waals surface area contributed by atoms with Gasteiger partial charge in [0.1, 0.15) is 36.8 Å². The smallest absolute Gasteiger partial charge is 0.305 e. The van der Waals surface area contributed by atoms with Gasteiger partial charge >= 0.3 is 5.97 Å². The van der Waals surface area contributed by atoms with Gasteiger partial charge in [-0.3, -0.25) is 4.79 Å². The minimum Gasteiger partial charge on any atom is -0.511 e. The van der Waals surface area contributed by atoms with Gasteiger partial charge in [0.2, 0.25) is 0 Å². The van der Waals surface area contributed by atoms with E-state index in [1.54, 1.807) is 7.11 Å². The summed E-state index contributed by atoms with van der Waals surface area (Å²) in [5, 5.41) is 63.9. The average Bonchev–Trinajstić information content (AvgIpc) is 3.88. The van der Waals surface area contributed by atoms with Gasteiger partial charge in [0.15, 0.2) is 0 Å². The first kappa shape index (κ1) is 37.5. The van der Waals surface area contributed by atoms with E-state index in [1.165, 1.54) is 0 Å². The summed E-state index contributed by atoms with van der Waals surface area (Å²) in [4.78, 5) is 28.2. The first-order valence-electron chi connectivity index (χ1n) is 17.7. The zero-order valence-corrected chi connectivity index (χ0v) is 30.4. The molecular formula is C39H48N4O9. The standard InChI is InChI=1S/C39H48N4O9/c1-7-21-17(2)26-12-30-24(15-51-6)19(4)25(41-30)11-27-18(3)22(8-9-34(48)52-16-33(47)39(50)38(49)32(46)14-44)36(42-27)23-10-31(45)35-20(5)28(43-37(23)35)13-29(21)40-26/h11-13,18,22,32-33,38-39,42,44-47,49-50H,7-10,14-16H2,1-6H3/t18-,22-,32?,33?,38?,39?/m0/s1. The van der Waals surface area contributed by atoms with Crippen LogP contribution in [0.1, 0.15) is 60.3 Å². The summed E-state index contributed by atoms with van der Waals surface area (Å²) in [5.74, 6) is -0.715. The van der Waals surface area contributed by atoms with Crippen molar-refractivity contribution in [1.29, 1.82) is 0 Å². The number of fused-ring (bicyclic) bond motifs is 5. The highest BCUT2D eigenvalue weighted by Crippen LogP contribution is 2.46. The molecular weight excluding hydrogens is 668 g/mol. The van der Waals surface area contributed by atoms with Crippen molar-refractivity contribution in [1.82, 2.24) is 5.32 Å². The predicted octanol–water partition coefficient (Wildman–Crippen LogP) is 3.06. The lowest BCUT2D eigenvalue weighted by Crippen LogP contribution is -2.47. The number of hydrogen-bond acceptors (Lipinski definition) is 13. The summed E-state index contributed by atoms with van der Waals surface area (Å²) in [5.41, 5.74) is 12.9. The first-order chi connectivity index (χ1) is 24.8. The largest absolute Gasteiger partial charge is 0.511 e. The molecule has 0 radical (unpaired) electrons. The van der Waals surface area contributed by atoms with Gasteiger partial charge in [-0.1, -0.05) is 13.8 Å². The first-order valence-corrected chi connectivity index (χ1v) is 17.7. The Labute approximate surface area is 302 Å². The number of methoxy groups -OCH3 is 1. The molecule has 0 spiro atoms. The van der Waals surface area contributed by atoms with Crippen LogP contribution in [0.4, 0.5) is 0 Å². The molecule has 6 rings (SSSR count). The highest BCUT2D eigenvalue weighted by Gasteiger charge is 2.41. The Kier molecular flexibility index (Phi) is 10.8. The Balaban J connectivity index is 1.37. The van der Waals surface area contributed by atoms with Crippen LogP contribution in [0.25, 0.3) is 0 Å². The maximum Gasteiger partial charge on any atom is 0.305 e. The molecule has 1 fully saturated rings. The van der Waals surface area contributed by atoms with E-state index in [2.05, 4.69) is 26.1 Å². The third-order valence-corrected chi connectivity index (χ3v) is 10.9. The summed E-state index contributed by atoms with van der Waals surface area (Å²) >= 11 is 0. The molecule has 5 heterocycles. The Hall–Kier alpha value is -4.24. The molecule has 52 heavy (non-hydrogen) atoms. The molecule has 5 aliphatic heterocycles. The van der Waals surface area contributed by atoms with Crippen LogP contribution >= 0.6 is 0 Å². The Bertz CT molecular complexity index is 1920. The number of aliphatic hydroxyl groups excluding tert-OH is 6. The third kappa shape index (κ3) is 6.72. The van der Waals surface area contributed by atoms with E-state index >= 15 is 0 Å². The fourth-order valence-corrected chi connectivity index (χ4v) is 7.67. The van der Waals surface area contributed by atoms with Gasteiger partial charge in [-0.15, -0.1) is 0 Å². The van der Waals surface area contributed by atoms with Crippen LogP contribution in [0, 0.1) is 11.8 Å². The summed E-state index contributed by atoms with van der Waals surface area (Å²) in [6, 6.07) is 0. The van der Waals surface area contributed by atoms with E-state index in [4.69, 9.17) is 29.6 Å². The predicted molar refractivity (Wildman–Crippen MR) is 195 cm³/mol. The lowest BCUT2D eigenvalue weighted by atomic mass is 9.86. The molecule has 0 aromatic carbocycles. The average molecular weight is 717 g/mol.